The van der Waals surface area contributed by atoms with E-state index in [1.54, 1.807) is 0 Å². The molecule has 376 valence electrons. The van der Waals surface area contributed by atoms with Gasteiger partial charge in [-0.15, -0.1) is 0 Å². The van der Waals surface area contributed by atoms with Gasteiger partial charge in [-0.2, -0.15) is 0 Å². The standard InChI is InChI=1S/C71H68BN3O/c1-41-31-62-65-63(32-41)75(67-44(4)35-49(36-45(67)5)71(12,13)14)61-40-60-55(54-37-47(69(6,7)8)27-29-58(54)73(60)50-21-16-15-17-22-50)39-57(61)72(65)56-38-48(70(9,10)11)28-30-59(56)74(62)66-42(2)33-46(34-43(66)3)51-24-20-25-53-52-23-18-19-26-64(52)76-68(51)53/h15-40H,1-14H3. The van der Waals surface area contributed by atoms with Gasteiger partial charge in [0, 0.05) is 55.5 Å². The number of benzene rings is 9. The predicted octanol–water partition coefficient (Wildman–Crippen LogP) is 17.9. The van der Waals surface area contributed by atoms with Crippen LogP contribution in [0.2, 0.25) is 0 Å². The first-order chi connectivity index (χ1) is 36.2. The van der Waals surface area contributed by atoms with Crippen LogP contribution < -0.4 is 26.2 Å². The van der Waals surface area contributed by atoms with Gasteiger partial charge >= 0.3 is 0 Å². The van der Waals surface area contributed by atoms with Crippen molar-refractivity contribution < 1.29 is 4.42 Å². The molecule has 0 N–H and O–H groups in total. The molecule has 5 heteroatoms. The van der Waals surface area contributed by atoms with Crippen molar-refractivity contribution in [3.63, 3.8) is 0 Å². The van der Waals surface area contributed by atoms with Crippen LogP contribution in [0.25, 0.3) is 60.6 Å². The van der Waals surface area contributed by atoms with Gasteiger partial charge in [0.25, 0.3) is 6.71 Å². The molecule has 0 radical (unpaired) electrons. The summed E-state index contributed by atoms with van der Waals surface area (Å²) >= 11 is 0. The molecule has 0 saturated carbocycles. The van der Waals surface area contributed by atoms with Crippen molar-refractivity contribution in [2.45, 2.75) is 113 Å². The quantitative estimate of drug-likeness (QED) is 0.164. The molecule has 13 rings (SSSR count). The first-order valence-corrected chi connectivity index (χ1v) is 27.4. The lowest BCUT2D eigenvalue weighted by atomic mass is 9.33. The molecule has 0 unspecified atom stereocenters. The molecule has 2 aromatic heterocycles. The molecule has 76 heavy (non-hydrogen) atoms. The second-order valence-electron chi connectivity index (χ2n) is 25.4. The van der Waals surface area contributed by atoms with Gasteiger partial charge in [0.1, 0.15) is 11.2 Å². The van der Waals surface area contributed by atoms with Gasteiger partial charge in [-0.25, -0.2) is 0 Å². The van der Waals surface area contributed by atoms with Crippen LogP contribution in [0.3, 0.4) is 0 Å². The molecule has 4 nitrogen and oxygen atoms in total. The van der Waals surface area contributed by atoms with E-state index in [1.807, 2.05) is 0 Å². The van der Waals surface area contributed by atoms with Crippen molar-refractivity contribution in [3.8, 4) is 16.8 Å². The number of aromatic nitrogens is 1. The van der Waals surface area contributed by atoms with Crippen LogP contribution in [0.15, 0.2) is 162 Å². The highest BCUT2D eigenvalue weighted by Gasteiger charge is 2.45. The SMILES string of the molecule is Cc1cc2c3c(c1)N(c1c(C)cc(C(C)(C)C)cc1C)c1cc4c(cc1B3c1cc(C(C)(C)C)ccc1N2c1c(C)cc(-c2cccc3c2oc2ccccc23)cc1C)c1cc(C(C)(C)C)ccc1n4-c1ccccc1. The zero-order chi connectivity index (χ0) is 53.1. The summed E-state index contributed by atoms with van der Waals surface area (Å²) in [6, 6.07) is 60.3. The summed E-state index contributed by atoms with van der Waals surface area (Å²) in [7, 11) is 0. The maximum absolute atomic E-state index is 6.65. The van der Waals surface area contributed by atoms with E-state index in [9.17, 15) is 0 Å². The molecular weight excluding hydrogens is 922 g/mol. The van der Waals surface area contributed by atoms with Crippen molar-refractivity contribution >= 4 is 101 Å². The van der Waals surface area contributed by atoms with Gasteiger partial charge in [0.2, 0.25) is 0 Å². The molecule has 2 aliphatic rings. The molecule has 0 fully saturated rings. The van der Waals surface area contributed by atoms with E-state index in [-0.39, 0.29) is 23.0 Å². The molecule has 11 aromatic rings. The van der Waals surface area contributed by atoms with E-state index < -0.39 is 0 Å². The molecule has 0 aliphatic carbocycles. The fourth-order valence-corrected chi connectivity index (χ4v) is 13.1. The second-order valence-corrected chi connectivity index (χ2v) is 25.4. The van der Waals surface area contributed by atoms with E-state index in [2.05, 4.69) is 269 Å². The Bertz CT molecular complexity index is 4200. The van der Waals surface area contributed by atoms with E-state index in [4.69, 9.17) is 4.42 Å². The average molecular weight is 990 g/mol. The zero-order valence-electron chi connectivity index (χ0n) is 46.8. The minimum absolute atomic E-state index is 0.00500. The van der Waals surface area contributed by atoms with E-state index >= 15 is 0 Å². The van der Waals surface area contributed by atoms with Crippen LogP contribution in [0.4, 0.5) is 34.1 Å². The normalized spacial score (nSPS) is 13.6. The highest BCUT2D eigenvalue weighted by atomic mass is 16.3. The molecular formula is C71H68BN3O. The van der Waals surface area contributed by atoms with Gasteiger partial charge in [-0.3, -0.25) is 0 Å². The minimum atomic E-state index is -0.0790. The molecule has 4 heterocycles. The van der Waals surface area contributed by atoms with Crippen molar-refractivity contribution in [1.29, 1.82) is 0 Å². The molecule has 9 aromatic carbocycles. The monoisotopic (exact) mass is 990 g/mol. The Kier molecular flexibility index (Phi) is 10.5. The average Bonchev–Trinajstić information content (AvgIpc) is 4.06. The smallest absolute Gasteiger partial charge is 0.252 e. The summed E-state index contributed by atoms with van der Waals surface area (Å²) in [4.78, 5) is 5.29. The van der Waals surface area contributed by atoms with E-state index in [1.165, 1.54) is 117 Å². The Morgan fingerprint density at radius 3 is 1.62 bits per heavy atom. The predicted molar refractivity (Wildman–Crippen MR) is 327 cm³/mol. The molecule has 0 saturated heterocycles. The maximum Gasteiger partial charge on any atom is 0.252 e. The van der Waals surface area contributed by atoms with Crippen LogP contribution in [0.1, 0.15) is 107 Å². The first-order valence-electron chi connectivity index (χ1n) is 27.4. The largest absolute Gasteiger partial charge is 0.455 e. The molecule has 0 bridgehead atoms. The Hall–Kier alpha value is -7.76. The van der Waals surface area contributed by atoms with Crippen molar-refractivity contribution in [3.05, 3.63) is 202 Å². The summed E-state index contributed by atoms with van der Waals surface area (Å²) in [6.45, 7) is 32.5. The van der Waals surface area contributed by atoms with Crippen molar-refractivity contribution in [2.75, 3.05) is 9.80 Å². The summed E-state index contributed by atoms with van der Waals surface area (Å²) in [6.07, 6.45) is 0. The number of hydrogen-bond donors (Lipinski definition) is 0. The topological polar surface area (TPSA) is 24.6 Å². The fraction of sp³-hybridized carbons (Fsp3) is 0.239. The Balaban J connectivity index is 1.13. The number of hydrogen-bond acceptors (Lipinski definition) is 3. The highest BCUT2D eigenvalue weighted by Crippen LogP contribution is 2.50. The molecule has 2 aliphatic heterocycles. The Morgan fingerprint density at radius 1 is 0.408 bits per heavy atom. The third kappa shape index (κ3) is 7.25. The Labute approximate surface area is 449 Å². The highest BCUT2D eigenvalue weighted by molar-refractivity contribution is 7.00. The van der Waals surface area contributed by atoms with Gasteiger partial charge < -0.3 is 18.8 Å². The van der Waals surface area contributed by atoms with Gasteiger partial charge in [0.05, 0.1) is 22.4 Å². The van der Waals surface area contributed by atoms with Crippen LogP contribution in [0, 0.1) is 34.6 Å². The molecule has 0 amide bonds. The van der Waals surface area contributed by atoms with Gasteiger partial charge in [0.15, 0.2) is 0 Å². The lowest BCUT2D eigenvalue weighted by Gasteiger charge is -2.46. The summed E-state index contributed by atoms with van der Waals surface area (Å²) in [5, 5.41) is 4.84. The second kappa shape index (κ2) is 16.6. The lowest BCUT2D eigenvalue weighted by Crippen LogP contribution is -2.61. The van der Waals surface area contributed by atoms with Crippen LogP contribution >= 0.6 is 0 Å². The molecule has 0 atom stereocenters. The maximum atomic E-state index is 6.65. The van der Waals surface area contributed by atoms with Crippen molar-refractivity contribution in [2.24, 2.45) is 0 Å². The number of nitrogens with zero attached hydrogens (tertiary/aromatic N) is 3. The number of furan rings is 1. The minimum Gasteiger partial charge on any atom is -0.455 e. The summed E-state index contributed by atoms with van der Waals surface area (Å²) < 4.78 is 9.15. The molecule has 0 spiro atoms. The zero-order valence-corrected chi connectivity index (χ0v) is 46.8. The van der Waals surface area contributed by atoms with Crippen LogP contribution in [-0.2, 0) is 16.2 Å². The first kappa shape index (κ1) is 47.9. The third-order valence-electron chi connectivity index (χ3n) is 16.9. The van der Waals surface area contributed by atoms with E-state index in [0.29, 0.717) is 0 Å². The van der Waals surface area contributed by atoms with Crippen LogP contribution in [0.5, 0.6) is 0 Å². The number of rotatable bonds is 4. The summed E-state index contributed by atoms with van der Waals surface area (Å²) in [5.74, 6) is 0. The van der Waals surface area contributed by atoms with Crippen molar-refractivity contribution in [1.82, 2.24) is 4.57 Å². The number of aryl methyl sites for hydroxylation is 5. The van der Waals surface area contributed by atoms with Gasteiger partial charge in [-0.1, -0.05) is 153 Å². The summed E-state index contributed by atoms with van der Waals surface area (Å²) in [5.41, 5.74) is 29.2. The Morgan fingerprint density at radius 2 is 0.961 bits per heavy atom. The van der Waals surface area contributed by atoms with Gasteiger partial charge in [-0.05, 0) is 184 Å². The third-order valence-corrected chi connectivity index (χ3v) is 16.9. The number of anilines is 6. The lowest BCUT2D eigenvalue weighted by molar-refractivity contribution is 0.589. The van der Waals surface area contributed by atoms with Crippen LogP contribution in [-0.4, -0.2) is 11.3 Å². The van der Waals surface area contributed by atoms with E-state index in [0.717, 1.165) is 38.8 Å². The number of fused-ring (bicyclic) bond motifs is 10. The fourth-order valence-electron chi connectivity index (χ4n) is 13.1. The number of para-hydroxylation sites is 3.